The molecule has 3 heterocycles. The lowest BCUT2D eigenvalue weighted by Crippen LogP contribution is -2.28. The monoisotopic (exact) mass is 380 g/mol. The molecule has 144 valence electrons. The number of rotatable bonds is 3. The minimum absolute atomic E-state index is 0.00558. The molecule has 2 aliphatic rings. The van der Waals surface area contributed by atoms with E-state index in [-0.39, 0.29) is 17.8 Å². The van der Waals surface area contributed by atoms with Gasteiger partial charge in [-0.05, 0) is 54.7 Å². The number of halogens is 1. The fourth-order valence-electron chi connectivity index (χ4n) is 3.85. The second-order valence-corrected chi connectivity index (χ2v) is 7.59. The van der Waals surface area contributed by atoms with Gasteiger partial charge < -0.3 is 10.2 Å². The molecule has 0 radical (unpaired) electrons. The van der Waals surface area contributed by atoms with Crippen LogP contribution in [0.2, 0.25) is 0 Å². The summed E-state index contributed by atoms with van der Waals surface area (Å²) in [5.41, 5.74) is 2.56. The number of hydrogen-bond acceptors (Lipinski definition) is 5. The number of carbonyl (C=O) groups is 1. The standard InChI is InChI=1S/C20H21FN6O/c1-12(28)26-9-8-17(16-5-4-15(21)10-14(16)11-26)22-18-6-7-19-23-24-20(13-2-3-13)27(19)25-18/h4-7,10,13,17H,2-3,8-9,11H2,1H3,(H,22,25). The largest absolute Gasteiger partial charge is 0.362 e. The number of benzene rings is 1. The van der Waals surface area contributed by atoms with E-state index in [1.807, 2.05) is 16.6 Å². The van der Waals surface area contributed by atoms with Crippen molar-refractivity contribution in [2.24, 2.45) is 0 Å². The number of carbonyl (C=O) groups excluding carboxylic acids is 1. The van der Waals surface area contributed by atoms with Crippen molar-refractivity contribution in [3.8, 4) is 0 Å². The minimum atomic E-state index is -0.291. The van der Waals surface area contributed by atoms with Crippen LogP contribution in [0.3, 0.4) is 0 Å². The van der Waals surface area contributed by atoms with E-state index in [0.29, 0.717) is 24.8 Å². The molecule has 1 saturated carbocycles. The quantitative estimate of drug-likeness (QED) is 0.756. The summed E-state index contributed by atoms with van der Waals surface area (Å²) in [5, 5.41) is 16.6. The van der Waals surface area contributed by atoms with Gasteiger partial charge in [-0.15, -0.1) is 15.3 Å². The van der Waals surface area contributed by atoms with Crippen LogP contribution in [0.15, 0.2) is 30.3 Å². The van der Waals surface area contributed by atoms with Crippen molar-refractivity contribution < 1.29 is 9.18 Å². The highest BCUT2D eigenvalue weighted by molar-refractivity contribution is 5.73. The topological polar surface area (TPSA) is 75.4 Å². The Kier molecular flexibility index (Phi) is 3.99. The van der Waals surface area contributed by atoms with Gasteiger partial charge in [-0.1, -0.05) is 6.07 Å². The first-order valence-corrected chi connectivity index (χ1v) is 9.61. The number of fused-ring (bicyclic) bond motifs is 2. The highest BCUT2D eigenvalue weighted by atomic mass is 19.1. The predicted octanol–water partition coefficient (Wildman–Crippen LogP) is 3.05. The third-order valence-electron chi connectivity index (χ3n) is 5.53. The van der Waals surface area contributed by atoms with Crippen molar-refractivity contribution in [3.05, 3.63) is 53.1 Å². The van der Waals surface area contributed by atoms with Gasteiger partial charge in [0.15, 0.2) is 11.5 Å². The van der Waals surface area contributed by atoms with E-state index in [9.17, 15) is 9.18 Å². The van der Waals surface area contributed by atoms with Crippen LogP contribution in [-0.2, 0) is 11.3 Å². The predicted molar refractivity (Wildman–Crippen MR) is 101 cm³/mol. The number of aromatic nitrogens is 4. The van der Waals surface area contributed by atoms with Gasteiger partial charge in [0.2, 0.25) is 5.91 Å². The fourth-order valence-corrected chi connectivity index (χ4v) is 3.85. The van der Waals surface area contributed by atoms with E-state index < -0.39 is 0 Å². The normalized spacial score (nSPS) is 19.4. The van der Waals surface area contributed by atoms with Crippen LogP contribution in [0.4, 0.5) is 10.2 Å². The van der Waals surface area contributed by atoms with Gasteiger partial charge in [0.25, 0.3) is 0 Å². The minimum Gasteiger partial charge on any atom is -0.362 e. The van der Waals surface area contributed by atoms with Gasteiger partial charge in [-0.2, -0.15) is 4.52 Å². The molecule has 1 aliphatic heterocycles. The van der Waals surface area contributed by atoms with Crippen LogP contribution in [0.25, 0.3) is 5.65 Å². The summed E-state index contributed by atoms with van der Waals surface area (Å²) in [7, 11) is 0. The molecule has 1 aliphatic carbocycles. The zero-order chi connectivity index (χ0) is 19.3. The molecule has 1 fully saturated rings. The van der Waals surface area contributed by atoms with Crippen molar-refractivity contribution in [2.75, 3.05) is 11.9 Å². The molecule has 28 heavy (non-hydrogen) atoms. The molecule has 3 aromatic rings. The van der Waals surface area contributed by atoms with Gasteiger partial charge >= 0.3 is 0 Å². The van der Waals surface area contributed by atoms with Gasteiger partial charge in [0.05, 0.1) is 6.04 Å². The third-order valence-corrected chi connectivity index (χ3v) is 5.53. The zero-order valence-corrected chi connectivity index (χ0v) is 15.6. The van der Waals surface area contributed by atoms with E-state index in [2.05, 4.69) is 15.5 Å². The number of nitrogens with one attached hydrogen (secondary N) is 1. The zero-order valence-electron chi connectivity index (χ0n) is 15.6. The first kappa shape index (κ1) is 17.1. The summed E-state index contributed by atoms with van der Waals surface area (Å²) < 4.78 is 15.6. The fraction of sp³-hybridized carbons (Fsp3) is 0.400. The molecular formula is C20H21FN6O. The van der Waals surface area contributed by atoms with E-state index >= 15 is 0 Å². The lowest BCUT2D eigenvalue weighted by molar-refractivity contribution is -0.129. The van der Waals surface area contributed by atoms with Gasteiger partial charge in [-0.3, -0.25) is 4.79 Å². The van der Waals surface area contributed by atoms with Crippen LogP contribution in [0.5, 0.6) is 0 Å². The van der Waals surface area contributed by atoms with Crippen molar-refractivity contribution in [1.82, 2.24) is 24.7 Å². The SMILES string of the molecule is CC(=O)N1CCC(Nc2ccc3nnc(C4CC4)n3n2)c2ccc(F)cc2C1. The maximum absolute atomic E-state index is 13.8. The first-order chi connectivity index (χ1) is 13.6. The lowest BCUT2D eigenvalue weighted by atomic mass is 9.99. The summed E-state index contributed by atoms with van der Waals surface area (Å²) in [6.07, 6.45) is 2.97. The number of anilines is 1. The molecule has 1 amide bonds. The molecule has 1 aromatic carbocycles. The summed E-state index contributed by atoms with van der Waals surface area (Å²) in [4.78, 5) is 13.7. The van der Waals surface area contributed by atoms with Gasteiger partial charge in [0, 0.05) is 25.9 Å². The second-order valence-electron chi connectivity index (χ2n) is 7.59. The Labute approximate surface area is 161 Å². The van der Waals surface area contributed by atoms with Crippen molar-refractivity contribution in [3.63, 3.8) is 0 Å². The Hall–Kier alpha value is -3.03. The Morgan fingerprint density at radius 2 is 2.04 bits per heavy atom. The molecule has 8 heteroatoms. The average Bonchev–Trinajstić information content (AvgIpc) is 3.45. The smallest absolute Gasteiger partial charge is 0.219 e. The van der Waals surface area contributed by atoms with Gasteiger partial charge in [0.1, 0.15) is 11.6 Å². The molecule has 2 aromatic heterocycles. The molecule has 0 bridgehead atoms. The molecule has 1 atom stereocenters. The average molecular weight is 380 g/mol. The Morgan fingerprint density at radius 1 is 1.18 bits per heavy atom. The maximum Gasteiger partial charge on any atom is 0.219 e. The molecular weight excluding hydrogens is 359 g/mol. The lowest BCUT2D eigenvalue weighted by Gasteiger charge is -2.20. The van der Waals surface area contributed by atoms with Crippen LogP contribution >= 0.6 is 0 Å². The van der Waals surface area contributed by atoms with Crippen LogP contribution in [-0.4, -0.2) is 37.2 Å². The Bertz CT molecular complexity index is 1060. The number of nitrogens with zero attached hydrogens (tertiary/aromatic N) is 5. The van der Waals surface area contributed by atoms with E-state index in [4.69, 9.17) is 5.10 Å². The summed E-state index contributed by atoms with van der Waals surface area (Å²) in [6.45, 7) is 2.57. The van der Waals surface area contributed by atoms with Crippen LogP contribution in [0.1, 0.15) is 55.1 Å². The van der Waals surface area contributed by atoms with Crippen LogP contribution < -0.4 is 5.32 Å². The summed E-state index contributed by atoms with van der Waals surface area (Å²) in [6, 6.07) is 8.52. The molecule has 1 N–H and O–H groups in total. The van der Waals surface area contributed by atoms with E-state index in [0.717, 1.165) is 41.9 Å². The number of hydrogen-bond donors (Lipinski definition) is 1. The van der Waals surface area contributed by atoms with Crippen molar-refractivity contribution in [1.29, 1.82) is 0 Å². The molecule has 7 nitrogen and oxygen atoms in total. The molecule has 5 rings (SSSR count). The summed E-state index contributed by atoms with van der Waals surface area (Å²) >= 11 is 0. The Balaban J connectivity index is 1.48. The van der Waals surface area contributed by atoms with E-state index in [1.54, 1.807) is 17.9 Å². The van der Waals surface area contributed by atoms with Crippen LogP contribution in [0, 0.1) is 5.82 Å². The Morgan fingerprint density at radius 3 is 2.82 bits per heavy atom. The first-order valence-electron chi connectivity index (χ1n) is 9.61. The van der Waals surface area contributed by atoms with Gasteiger partial charge in [-0.25, -0.2) is 4.39 Å². The van der Waals surface area contributed by atoms with Crippen molar-refractivity contribution in [2.45, 2.75) is 44.7 Å². The molecule has 0 spiro atoms. The second kappa shape index (κ2) is 6.54. The summed E-state index contributed by atoms with van der Waals surface area (Å²) in [5.74, 6) is 1.77. The van der Waals surface area contributed by atoms with Crippen molar-refractivity contribution >= 4 is 17.4 Å². The molecule has 0 saturated heterocycles. The highest BCUT2D eigenvalue weighted by Gasteiger charge is 2.29. The van der Waals surface area contributed by atoms with E-state index in [1.165, 1.54) is 12.1 Å². The maximum atomic E-state index is 13.8. The molecule has 1 unspecified atom stereocenters. The highest BCUT2D eigenvalue weighted by Crippen LogP contribution is 2.39. The number of amides is 1. The third kappa shape index (κ3) is 3.08.